The first-order valence-corrected chi connectivity index (χ1v) is 12.7. The van der Waals surface area contributed by atoms with Crippen molar-refractivity contribution >= 4 is 34.5 Å². The minimum Gasteiger partial charge on any atom is -0.481 e. The Labute approximate surface area is 224 Å². The van der Waals surface area contributed by atoms with E-state index in [1.54, 1.807) is 20.3 Å². The summed E-state index contributed by atoms with van der Waals surface area (Å²) in [6.07, 6.45) is 1.59. The van der Waals surface area contributed by atoms with Gasteiger partial charge in [-0.2, -0.15) is 15.1 Å². The standard InChI is InChI=1S/C26H31FN8O4/c1-15-5-6-18-17(13-29-32-18)21(15)19-14-38-22-23(34-9-11-35(12-10-34)25(37)16(2)27)30-26(31-24(22)39-19)28-8-7-20(36)33(3)4/h5-6,13,19H,2,7-12,14H2,1,3-4H3,(H,29,32)(H,28,30,31). The predicted octanol–water partition coefficient (Wildman–Crippen LogP) is 2.20. The highest BCUT2D eigenvalue weighted by Crippen LogP contribution is 2.43. The molecule has 2 aliphatic heterocycles. The van der Waals surface area contributed by atoms with Crippen molar-refractivity contribution in [1.82, 2.24) is 30.0 Å². The lowest BCUT2D eigenvalue weighted by atomic mass is 9.99. The van der Waals surface area contributed by atoms with Crippen LogP contribution in [-0.4, -0.2) is 95.2 Å². The van der Waals surface area contributed by atoms with Crippen molar-refractivity contribution in [2.45, 2.75) is 19.4 Å². The Morgan fingerprint density at radius 2 is 2.00 bits per heavy atom. The molecule has 0 saturated carbocycles. The molecule has 1 atom stereocenters. The van der Waals surface area contributed by atoms with Crippen LogP contribution in [0.5, 0.6) is 11.6 Å². The number of fused-ring (bicyclic) bond motifs is 2. The Morgan fingerprint density at radius 3 is 2.72 bits per heavy atom. The zero-order valence-electron chi connectivity index (χ0n) is 22.2. The minimum atomic E-state index is -0.979. The van der Waals surface area contributed by atoms with Gasteiger partial charge in [-0.05, 0) is 18.6 Å². The lowest BCUT2D eigenvalue weighted by Crippen LogP contribution is -2.49. The number of rotatable bonds is 7. The van der Waals surface area contributed by atoms with E-state index in [0.717, 1.165) is 22.0 Å². The number of anilines is 2. The number of carbonyl (C=O) groups is 2. The molecule has 13 heteroatoms. The summed E-state index contributed by atoms with van der Waals surface area (Å²) in [7, 11) is 3.40. The summed E-state index contributed by atoms with van der Waals surface area (Å²) in [6.45, 7) is 7.08. The second kappa shape index (κ2) is 10.8. The molecule has 0 radical (unpaired) electrons. The first kappa shape index (κ1) is 26.2. The molecular weight excluding hydrogens is 507 g/mol. The SMILES string of the molecule is C=C(F)C(=O)N1CCN(c2nc(NCCC(=O)N(C)C)nc3c2OCC(c2c(C)ccc4[nH]ncc24)O3)CC1. The van der Waals surface area contributed by atoms with Crippen LogP contribution in [0.2, 0.25) is 0 Å². The third-order valence-electron chi connectivity index (χ3n) is 6.87. The van der Waals surface area contributed by atoms with E-state index in [2.05, 4.69) is 32.1 Å². The first-order valence-electron chi connectivity index (χ1n) is 12.7. The topological polar surface area (TPSA) is 129 Å². The van der Waals surface area contributed by atoms with Crippen LogP contribution in [0.3, 0.4) is 0 Å². The molecule has 2 amide bonds. The molecule has 1 fully saturated rings. The molecule has 3 aromatic rings. The molecule has 1 unspecified atom stereocenters. The molecule has 5 rings (SSSR count). The van der Waals surface area contributed by atoms with Gasteiger partial charge in [-0.1, -0.05) is 12.6 Å². The number of aryl methyl sites for hydroxylation is 1. The number of ether oxygens (including phenoxy) is 2. The Balaban J connectivity index is 1.43. The second-order valence-electron chi connectivity index (χ2n) is 9.70. The highest BCUT2D eigenvalue weighted by molar-refractivity contribution is 5.90. The van der Waals surface area contributed by atoms with Gasteiger partial charge in [0.15, 0.2) is 17.7 Å². The smallest absolute Gasteiger partial charge is 0.282 e. The number of carbonyl (C=O) groups excluding carboxylic acids is 2. The molecule has 0 aliphatic carbocycles. The van der Waals surface area contributed by atoms with Crippen molar-refractivity contribution in [1.29, 1.82) is 0 Å². The summed E-state index contributed by atoms with van der Waals surface area (Å²) in [5.74, 6) is -0.260. The summed E-state index contributed by atoms with van der Waals surface area (Å²) in [4.78, 5) is 38.2. The quantitative estimate of drug-likeness (QED) is 0.435. The first-order chi connectivity index (χ1) is 18.7. The van der Waals surface area contributed by atoms with Gasteiger partial charge in [-0.3, -0.25) is 14.7 Å². The van der Waals surface area contributed by atoms with Crippen LogP contribution in [-0.2, 0) is 9.59 Å². The highest BCUT2D eigenvalue weighted by Gasteiger charge is 2.33. The molecule has 39 heavy (non-hydrogen) atoms. The lowest BCUT2D eigenvalue weighted by Gasteiger charge is -2.37. The number of H-pyrrole nitrogens is 1. The number of amides is 2. The number of hydrogen-bond donors (Lipinski definition) is 2. The van der Waals surface area contributed by atoms with E-state index in [1.807, 2.05) is 24.0 Å². The lowest BCUT2D eigenvalue weighted by molar-refractivity contribution is -0.129. The molecule has 1 aromatic carbocycles. The van der Waals surface area contributed by atoms with Gasteiger partial charge in [0.1, 0.15) is 6.61 Å². The number of aromatic amines is 1. The van der Waals surface area contributed by atoms with E-state index >= 15 is 0 Å². The van der Waals surface area contributed by atoms with Gasteiger partial charge in [0.2, 0.25) is 17.6 Å². The Hall–Kier alpha value is -4.42. The summed E-state index contributed by atoms with van der Waals surface area (Å²) in [6, 6.07) is 3.97. The molecule has 12 nitrogen and oxygen atoms in total. The highest BCUT2D eigenvalue weighted by atomic mass is 19.1. The summed E-state index contributed by atoms with van der Waals surface area (Å²) in [5, 5.41) is 11.2. The van der Waals surface area contributed by atoms with Crippen molar-refractivity contribution < 1.29 is 23.5 Å². The predicted molar refractivity (Wildman–Crippen MR) is 143 cm³/mol. The maximum absolute atomic E-state index is 13.4. The zero-order chi connectivity index (χ0) is 27.7. The number of piperazine rings is 1. The van der Waals surface area contributed by atoms with E-state index in [1.165, 1.54) is 9.80 Å². The number of benzene rings is 1. The molecular formula is C26H31FN8O4. The van der Waals surface area contributed by atoms with E-state index in [0.29, 0.717) is 44.3 Å². The maximum atomic E-state index is 13.4. The largest absolute Gasteiger partial charge is 0.481 e. The molecule has 2 aromatic heterocycles. The molecule has 4 heterocycles. The number of nitrogens with zero attached hydrogens (tertiary/aromatic N) is 6. The molecule has 2 aliphatic rings. The van der Waals surface area contributed by atoms with Crippen molar-refractivity contribution in [3.63, 3.8) is 0 Å². The summed E-state index contributed by atoms with van der Waals surface area (Å²) < 4.78 is 26.0. The van der Waals surface area contributed by atoms with Gasteiger partial charge in [-0.25, -0.2) is 4.39 Å². The molecule has 206 valence electrons. The van der Waals surface area contributed by atoms with E-state index in [-0.39, 0.29) is 30.8 Å². The number of hydrogen-bond acceptors (Lipinski definition) is 9. The average Bonchev–Trinajstić information content (AvgIpc) is 3.40. The zero-order valence-corrected chi connectivity index (χ0v) is 22.2. The normalized spacial score (nSPS) is 16.8. The van der Waals surface area contributed by atoms with Crippen molar-refractivity contribution in [2.75, 3.05) is 63.6 Å². The van der Waals surface area contributed by atoms with Gasteiger partial charge in [-0.15, -0.1) is 0 Å². The van der Waals surface area contributed by atoms with Crippen LogP contribution in [0.4, 0.5) is 16.2 Å². The molecule has 0 spiro atoms. The van der Waals surface area contributed by atoms with Crippen LogP contribution in [0.1, 0.15) is 23.7 Å². The fourth-order valence-electron chi connectivity index (χ4n) is 4.76. The minimum absolute atomic E-state index is 0.0285. The summed E-state index contributed by atoms with van der Waals surface area (Å²) in [5.41, 5.74) is 2.88. The molecule has 2 N–H and O–H groups in total. The van der Waals surface area contributed by atoms with Gasteiger partial charge >= 0.3 is 0 Å². The van der Waals surface area contributed by atoms with Crippen molar-refractivity contribution in [3.05, 3.63) is 41.9 Å². The number of halogens is 1. The van der Waals surface area contributed by atoms with Crippen LogP contribution in [0, 0.1) is 6.92 Å². The fraction of sp³-hybridized carbons (Fsp3) is 0.423. The molecule has 1 saturated heterocycles. The fourth-order valence-corrected chi connectivity index (χ4v) is 4.76. The van der Waals surface area contributed by atoms with Crippen LogP contribution >= 0.6 is 0 Å². The van der Waals surface area contributed by atoms with Crippen LogP contribution in [0.15, 0.2) is 30.7 Å². The number of aromatic nitrogens is 4. The third kappa shape index (κ3) is 5.29. The second-order valence-corrected chi connectivity index (χ2v) is 9.70. The Kier molecular flexibility index (Phi) is 7.22. The van der Waals surface area contributed by atoms with Crippen LogP contribution < -0.4 is 19.7 Å². The van der Waals surface area contributed by atoms with E-state index in [9.17, 15) is 14.0 Å². The van der Waals surface area contributed by atoms with Gasteiger partial charge in [0, 0.05) is 64.2 Å². The number of nitrogens with one attached hydrogen (secondary N) is 2. The Morgan fingerprint density at radius 1 is 1.23 bits per heavy atom. The summed E-state index contributed by atoms with van der Waals surface area (Å²) >= 11 is 0. The van der Waals surface area contributed by atoms with Gasteiger partial charge < -0.3 is 29.5 Å². The monoisotopic (exact) mass is 538 g/mol. The third-order valence-corrected chi connectivity index (χ3v) is 6.87. The molecule has 0 bridgehead atoms. The van der Waals surface area contributed by atoms with E-state index < -0.39 is 17.8 Å². The van der Waals surface area contributed by atoms with Gasteiger partial charge in [0.25, 0.3) is 11.8 Å². The van der Waals surface area contributed by atoms with Crippen molar-refractivity contribution in [2.24, 2.45) is 0 Å². The maximum Gasteiger partial charge on any atom is 0.282 e. The van der Waals surface area contributed by atoms with Gasteiger partial charge in [0.05, 0.1) is 11.7 Å². The average molecular weight is 539 g/mol. The van der Waals surface area contributed by atoms with Crippen LogP contribution in [0.25, 0.3) is 10.9 Å². The van der Waals surface area contributed by atoms with Crippen molar-refractivity contribution in [3.8, 4) is 11.6 Å². The van der Waals surface area contributed by atoms with E-state index in [4.69, 9.17) is 9.47 Å². The Bertz CT molecular complexity index is 1420.